The number of hydrogen-bond donors (Lipinski definition) is 0. The van der Waals surface area contributed by atoms with Gasteiger partial charge in [-0.15, -0.1) is 21.8 Å². The summed E-state index contributed by atoms with van der Waals surface area (Å²) in [5.41, 5.74) is 3.37. The molecule has 1 aliphatic heterocycles. The van der Waals surface area contributed by atoms with Crippen LogP contribution in [0.1, 0.15) is 10.6 Å². The van der Waals surface area contributed by atoms with Crippen LogP contribution in [0, 0.1) is 0 Å². The molecule has 1 amide bonds. The number of para-hydroxylation sites is 2. The van der Waals surface area contributed by atoms with Crippen molar-refractivity contribution in [2.24, 2.45) is 0 Å². The van der Waals surface area contributed by atoms with Gasteiger partial charge in [-0.3, -0.25) is 9.69 Å². The molecule has 162 valence electrons. The number of rotatable bonds is 5. The highest BCUT2D eigenvalue weighted by Crippen LogP contribution is 2.36. The molecule has 0 saturated carbocycles. The molecule has 1 fully saturated rings. The lowest BCUT2D eigenvalue weighted by Crippen LogP contribution is -2.61. The molecule has 33 heavy (non-hydrogen) atoms. The number of anilines is 1. The van der Waals surface area contributed by atoms with Crippen molar-refractivity contribution in [2.75, 3.05) is 4.90 Å². The summed E-state index contributed by atoms with van der Waals surface area (Å²) in [6.45, 7) is 0.586. The Balaban J connectivity index is 1.30. The Morgan fingerprint density at radius 2 is 1.52 bits per heavy atom. The van der Waals surface area contributed by atoms with Crippen LogP contribution in [0.5, 0.6) is 0 Å². The molecule has 0 N–H and O–H groups in total. The monoisotopic (exact) mass is 470 g/mol. The number of benzene rings is 3. The number of β-lactam (4-membered cyclic amide) rings is 1. The van der Waals surface area contributed by atoms with E-state index in [1.807, 2.05) is 54.6 Å². The van der Waals surface area contributed by atoms with Crippen LogP contribution >= 0.6 is 22.9 Å². The van der Waals surface area contributed by atoms with Crippen molar-refractivity contribution in [1.29, 1.82) is 0 Å². The van der Waals surface area contributed by atoms with Crippen LogP contribution in [0.2, 0.25) is 0 Å². The maximum absolute atomic E-state index is 12.6. The summed E-state index contributed by atoms with van der Waals surface area (Å²) in [5.74, 6) is -0.140. The number of carbonyl (C=O) groups is 1. The highest BCUT2D eigenvalue weighted by Gasteiger charge is 2.47. The fourth-order valence-corrected chi connectivity index (χ4v) is 5.55. The van der Waals surface area contributed by atoms with Gasteiger partial charge in [0.05, 0.1) is 12.6 Å². The van der Waals surface area contributed by atoms with Gasteiger partial charge in [-0.25, -0.2) is 0 Å². The molecule has 0 aliphatic carbocycles. The number of alkyl halides is 1. The van der Waals surface area contributed by atoms with Crippen molar-refractivity contribution < 1.29 is 4.79 Å². The van der Waals surface area contributed by atoms with Gasteiger partial charge in [-0.1, -0.05) is 90.2 Å². The Morgan fingerprint density at radius 3 is 2.21 bits per heavy atom. The third kappa shape index (κ3) is 3.43. The largest absolute Gasteiger partial charge is 0.333 e. The minimum Gasteiger partial charge on any atom is -0.333 e. The standard InChI is InChI=1S/C26H19ClN4OS/c27-24-22(15-14-17-8-2-1-3-9-17)31(25(24)32)26-29-28-23(33-26)16-30-20-12-6-4-10-18(20)19-11-5-7-13-21(19)30/h1-15,22,24H,16H2/b15-14+. The SMILES string of the molecule is O=C1C(Cl)C(/C=C/c2ccccc2)N1c1nnc(Cn2c3ccccc3c3ccccc32)s1. The van der Waals surface area contributed by atoms with E-state index in [0.717, 1.165) is 21.6 Å². The van der Waals surface area contributed by atoms with Gasteiger partial charge in [-0.2, -0.15) is 0 Å². The van der Waals surface area contributed by atoms with Crippen molar-refractivity contribution in [1.82, 2.24) is 14.8 Å². The molecule has 2 unspecified atom stereocenters. The molecular formula is C26H19ClN4OS. The molecule has 2 aromatic heterocycles. The smallest absolute Gasteiger partial charge is 0.249 e. The number of fused-ring (bicyclic) bond motifs is 3. The number of halogens is 1. The zero-order chi connectivity index (χ0) is 22.4. The molecule has 3 aromatic carbocycles. The number of hydrogen-bond acceptors (Lipinski definition) is 4. The summed E-state index contributed by atoms with van der Waals surface area (Å²) >= 11 is 7.77. The topological polar surface area (TPSA) is 51.0 Å². The van der Waals surface area contributed by atoms with E-state index in [1.54, 1.807) is 4.90 Å². The lowest BCUT2D eigenvalue weighted by Gasteiger charge is -2.40. The number of nitrogens with zero attached hydrogens (tertiary/aromatic N) is 4. The fourth-order valence-electron chi connectivity index (χ4n) is 4.37. The van der Waals surface area contributed by atoms with Crippen LogP contribution in [-0.2, 0) is 11.3 Å². The summed E-state index contributed by atoms with van der Waals surface area (Å²) in [6, 6.07) is 26.5. The van der Waals surface area contributed by atoms with Crippen molar-refractivity contribution in [3.05, 3.63) is 95.5 Å². The van der Waals surface area contributed by atoms with Gasteiger partial charge < -0.3 is 4.57 Å². The first-order valence-electron chi connectivity index (χ1n) is 10.7. The minimum absolute atomic E-state index is 0.140. The molecule has 5 aromatic rings. The quantitative estimate of drug-likeness (QED) is 0.243. The first-order chi connectivity index (χ1) is 16.2. The predicted octanol–water partition coefficient (Wildman–Crippen LogP) is 5.73. The Bertz CT molecular complexity index is 1450. The number of carbonyl (C=O) groups excluding carboxylic acids is 1. The normalized spacial score (nSPS) is 18.5. The average molecular weight is 471 g/mol. The molecular weight excluding hydrogens is 452 g/mol. The van der Waals surface area contributed by atoms with Crippen LogP contribution in [-0.4, -0.2) is 32.1 Å². The van der Waals surface area contributed by atoms with E-state index in [2.05, 4.69) is 51.2 Å². The van der Waals surface area contributed by atoms with E-state index >= 15 is 0 Å². The summed E-state index contributed by atoms with van der Waals surface area (Å²) in [6.07, 6.45) is 3.95. The third-order valence-corrected chi connectivity index (χ3v) is 7.34. The first kappa shape index (κ1) is 20.1. The average Bonchev–Trinajstić information content (AvgIpc) is 3.45. The van der Waals surface area contributed by atoms with Gasteiger partial charge in [0, 0.05) is 21.8 Å². The van der Waals surface area contributed by atoms with E-state index in [9.17, 15) is 4.79 Å². The summed E-state index contributed by atoms with van der Waals surface area (Å²) in [4.78, 5) is 14.2. The van der Waals surface area contributed by atoms with Crippen molar-refractivity contribution in [3.8, 4) is 0 Å². The molecule has 0 spiro atoms. The zero-order valence-corrected chi connectivity index (χ0v) is 19.1. The van der Waals surface area contributed by atoms with Gasteiger partial charge >= 0.3 is 0 Å². The van der Waals surface area contributed by atoms with Crippen molar-refractivity contribution in [3.63, 3.8) is 0 Å². The molecule has 1 aliphatic rings. The Hall–Kier alpha value is -3.48. The highest BCUT2D eigenvalue weighted by molar-refractivity contribution is 7.15. The van der Waals surface area contributed by atoms with Gasteiger partial charge in [-0.05, 0) is 17.7 Å². The van der Waals surface area contributed by atoms with Gasteiger partial charge in [0.2, 0.25) is 11.0 Å². The van der Waals surface area contributed by atoms with Crippen LogP contribution in [0.25, 0.3) is 27.9 Å². The molecule has 1 saturated heterocycles. The van der Waals surface area contributed by atoms with Gasteiger partial charge in [0.25, 0.3) is 0 Å². The van der Waals surface area contributed by atoms with Crippen molar-refractivity contribution >= 4 is 61.9 Å². The summed E-state index contributed by atoms with van der Waals surface area (Å²) in [7, 11) is 0. The van der Waals surface area contributed by atoms with Crippen LogP contribution in [0.3, 0.4) is 0 Å². The van der Waals surface area contributed by atoms with E-state index in [1.165, 1.54) is 22.1 Å². The van der Waals surface area contributed by atoms with Gasteiger partial charge in [0.1, 0.15) is 10.4 Å². The maximum Gasteiger partial charge on any atom is 0.249 e. The number of aromatic nitrogens is 3. The Morgan fingerprint density at radius 1 is 0.879 bits per heavy atom. The fraction of sp³-hybridized carbons (Fsp3) is 0.115. The summed E-state index contributed by atoms with van der Waals surface area (Å²) in [5, 5.41) is 12.0. The highest BCUT2D eigenvalue weighted by atomic mass is 35.5. The Kier molecular flexibility index (Phi) is 4.97. The van der Waals surface area contributed by atoms with Crippen LogP contribution < -0.4 is 4.90 Å². The van der Waals surface area contributed by atoms with Crippen LogP contribution in [0.15, 0.2) is 84.9 Å². The molecule has 6 rings (SSSR count). The maximum atomic E-state index is 12.6. The molecule has 5 nitrogen and oxygen atoms in total. The van der Waals surface area contributed by atoms with E-state index in [-0.39, 0.29) is 11.9 Å². The summed E-state index contributed by atoms with van der Waals surface area (Å²) < 4.78 is 2.25. The molecule has 7 heteroatoms. The Labute approximate surface area is 199 Å². The van der Waals surface area contributed by atoms with Gasteiger partial charge in [0.15, 0.2) is 0 Å². The predicted molar refractivity (Wildman–Crippen MR) is 135 cm³/mol. The number of amides is 1. The second-order valence-electron chi connectivity index (χ2n) is 7.97. The third-order valence-electron chi connectivity index (χ3n) is 5.99. The van der Waals surface area contributed by atoms with Crippen molar-refractivity contribution in [2.45, 2.75) is 18.0 Å². The molecule has 3 heterocycles. The molecule has 0 bridgehead atoms. The van der Waals surface area contributed by atoms with Crippen LogP contribution in [0.4, 0.5) is 5.13 Å². The molecule has 2 atom stereocenters. The lowest BCUT2D eigenvalue weighted by molar-refractivity contribution is -0.122. The van der Waals surface area contributed by atoms with E-state index in [0.29, 0.717) is 11.7 Å². The first-order valence-corrected chi connectivity index (χ1v) is 11.9. The zero-order valence-electron chi connectivity index (χ0n) is 17.5. The minimum atomic E-state index is -0.588. The lowest BCUT2D eigenvalue weighted by atomic mass is 10.0. The van der Waals surface area contributed by atoms with E-state index < -0.39 is 5.38 Å². The molecule has 0 radical (unpaired) electrons. The van der Waals surface area contributed by atoms with E-state index in [4.69, 9.17) is 11.6 Å². The second-order valence-corrected chi connectivity index (χ2v) is 9.48. The second kappa shape index (κ2) is 8.14.